The largest absolute Gasteiger partial charge is 0.481 e. The number of Topliss-reactive ketones (excluding diaryl/α,β-unsaturated/α-hetero) is 1. The van der Waals surface area contributed by atoms with Crippen molar-refractivity contribution in [1.29, 1.82) is 0 Å². The molecule has 0 amide bonds. The van der Waals surface area contributed by atoms with Crippen LogP contribution in [0.4, 0.5) is 0 Å². The number of hydrogen-bond acceptors (Lipinski definition) is 3. The molecule has 0 aromatic carbocycles. The van der Waals surface area contributed by atoms with E-state index in [1.54, 1.807) is 13.8 Å². The Balaban J connectivity index is 4.04. The Morgan fingerprint density at radius 3 is 2.35 bits per heavy atom. The van der Waals surface area contributed by atoms with Gasteiger partial charge in [-0.15, -0.1) is 0 Å². The number of rotatable bonds is 10. The van der Waals surface area contributed by atoms with Gasteiger partial charge in [-0.1, -0.05) is 33.1 Å². The Morgan fingerprint density at radius 1 is 1.24 bits per heavy atom. The molecule has 0 aliphatic rings. The van der Waals surface area contributed by atoms with Crippen molar-refractivity contribution in [2.75, 3.05) is 19.6 Å². The van der Waals surface area contributed by atoms with Crippen LogP contribution in [0.25, 0.3) is 0 Å². The van der Waals surface area contributed by atoms with Crippen LogP contribution < -0.4 is 0 Å². The third-order valence-electron chi connectivity index (χ3n) is 2.73. The predicted octanol–water partition coefficient (Wildman–Crippen LogP) is 2.18. The van der Waals surface area contributed by atoms with Crippen molar-refractivity contribution in [2.24, 2.45) is 5.92 Å². The summed E-state index contributed by atoms with van der Waals surface area (Å²) in [5.74, 6) is -1.12. The van der Waals surface area contributed by atoms with Crippen LogP contribution in [-0.4, -0.2) is 41.4 Å². The van der Waals surface area contributed by atoms with E-state index in [9.17, 15) is 9.59 Å². The Kier molecular flexibility index (Phi) is 8.68. The fraction of sp³-hybridized carbons (Fsp3) is 0.846. The lowest BCUT2D eigenvalue weighted by Crippen LogP contribution is -2.35. The van der Waals surface area contributed by atoms with E-state index in [4.69, 9.17) is 5.11 Å². The molecule has 0 aliphatic carbocycles. The summed E-state index contributed by atoms with van der Waals surface area (Å²) in [5, 5.41) is 8.86. The van der Waals surface area contributed by atoms with Crippen LogP contribution in [0, 0.1) is 5.92 Å². The highest BCUT2D eigenvalue weighted by molar-refractivity contribution is 5.77. The second kappa shape index (κ2) is 9.16. The van der Waals surface area contributed by atoms with Gasteiger partial charge < -0.3 is 5.11 Å². The highest BCUT2D eigenvalue weighted by Gasteiger charge is 2.16. The maximum absolute atomic E-state index is 11.1. The van der Waals surface area contributed by atoms with Crippen molar-refractivity contribution in [1.82, 2.24) is 4.90 Å². The molecule has 1 atom stereocenters. The Bertz CT molecular complexity index is 241. The van der Waals surface area contributed by atoms with E-state index in [-0.39, 0.29) is 5.78 Å². The number of ketones is 1. The summed E-state index contributed by atoms with van der Waals surface area (Å²) in [6.45, 7) is 7.02. The molecule has 1 unspecified atom stereocenters. The van der Waals surface area contributed by atoms with Crippen LogP contribution in [0.15, 0.2) is 0 Å². The van der Waals surface area contributed by atoms with Gasteiger partial charge in [0.25, 0.3) is 0 Å². The van der Waals surface area contributed by atoms with Crippen molar-refractivity contribution >= 4 is 11.8 Å². The predicted molar refractivity (Wildman–Crippen MR) is 68.1 cm³/mol. The van der Waals surface area contributed by atoms with Gasteiger partial charge >= 0.3 is 5.97 Å². The molecule has 0 saturated carbocycles. The van der Waals surface area contributed by atoms with Crippen molar-refractivity contribution < 1.29 is 14.7 Å². The van der Waals surface area contributed by atoms with E-state index in [0.29, 0.717) is 13.1 Å². The van der Waals surface area contributed by atoms with Gasteiger partial charge in [0.1, 0.15) is 5.78 Å². The minimum Gasteiger partial charge on any atom is -0.481 e. The number of carboxylic acid groups (broad SMARTS) is 1. The van der Waals surface area contributed by atoms with Gasteiger partial charge in [-0.2, -0.15) is 0 Å². The van der Waals surface area contributed by atoms with Crippen LogP contribution in [0.3, 0.4) is 0 Å². The molecule has 0 bridgehead atoms. The van der Waals surface area contributed by atoms with Gasteiger partial charge in [0.05, 0.1) is 12.5 Å². The van der Waals surface area contributed by atoms with Crippen molar-refractivity contribution in [3.05, 3.63) is 0 Å². The van der Waals surface area contributed by atoms with E-state index >= 15 is 0 Å². The highest BCUT2D eigenvalue weighted by atomic mass is 16.4. The van der Waals surface area contributed by atoms with E-state index in [1.807, 2.05) is 4.90 Å². The number of unbranched alkanes of at least 4 members (excludes halogenated alkanes) is 3. The lowest BCUT2D eigenvalue weighted by Gasteiger charge is -2.22. The fourth-order valence-corrected chi connectivity index (χ4v) is 1.78. The molecule has 4 heteroatoms. The standard InChI is InChI=1S/C13H25NO3/c1-4-5-6-7-8-14(10-12(3)15)9-11(2)13(16)17/h11H,4-10H2,1-3H3,(H,16,17). The summed E-state index contributed by atoms with van der Waals surface area (Å²) >= 11 is 0. The molecule has 17 heavy (non-hydrogen) atoms. The normalized spacial score (nSPS) is 12.7. The summed E-state index contributed by atoms with van der Waals surface area (Å²) in [6.07, 6.45) is 4.56. The van der Waals surface area contributed by atoms with Gasteiger partial charge in [0, 0.05) is 6.54 Å². The number of carboxylic acids is 1. The molecule has 1 N–H and O–H groups in total. The fourth-order valence-electron chi connectivity index (χ4n) is 1.78. The SMILES string of the molecule is CCCCCCN(CC(C)=O)CC(C)C(=O)O. The van der Waals surface area contributed by atoms with Crippen molar-refractivity contribution in [2.45, 2.75) is 46.5 Å². The lowest BCUT2D eigenvalue weighted by molar-refractivity contribution is -0.142. The maximum Gasteiger partial charge on any atom is 0.307 e. The summed E-state index contributed by atoms with van der Waals surface area (Å²) in [4.78, 5) is 23.8. The zero-order valence-corrected chi connectivity index (χ0v) is 11.2. The summed E-state index contributed by atoms with van der Waals surface area (Å²) in [5.41, 5.74) is 0. The molecule has 0 rings (SSSR count). The average molecular weight is 243 g/mol. The van der Waals surface area contributed by atoms with Gasteiger partial charge in [-0.25, -0.2) is 0 Å². The summed E-state index contributed by atoms with van der Waals surface area (Å²) < 4.78 is 0. The molecular weight excluding hydrogens is 218 g/mol. The van der Waals surface area contributed by atoms with E-state index in [2.05, 4.69) is 6.92 Å². The highest BCUT2D eigenvalue weighted by Crippen LogP contribution is 2.05. The number of carbonyl (C=O) groups excluding carboxylic acids is 1. The summed E-state index contributed by atoms with van der Waals surface area (Å²) in [7, 11) is 0. The van der Waals surface area contributed by atoms with E-state index in [1.165, 1.54) is 12.8 Å². The molecule has 0 heterocycles. The molecule has 0 aromatic rings. The third-order valence-corrected chi connectivity index (χ3v) is 2.73. The van der Waals surface area contributed by atoms with E-state index in [0.717, 1.165) is 19.4 Å². The van der Waals surface area contributed by atoms with Gasteiger partial charge in [-0.05, 0) is 19.9 Å². The molecule has 0 saturated heterocycles. The van der Waals surface area contributed by atoms with Crippen molar-refractivity contribution in [3.8, 4) is 0 Å². The van der Waals surface area contributed by atoms with Crippen molar-refractivity contribution in [3.63, 3.8) is 0 Å². The monoisotopic (exact) mass is 243 g/mol. The number of carbonyl (C=O) groups is 2. The van der Waals surface area contributed by atoms with Gasteiger partial charge in [-0.3, -0.25) is 14.5 Å². The van der Waals surface area contributed by atoms with E-state index < -0.39 is 11.9 Å². The van der Waals surface area contributed by atoms with Crippen LogP contribution in [-0.2, 0) is 9.59 Å². The zero-order chi connectivity index (χ0) is 13.3. The second-order valence-electron chi connectivity index (χ2n) is 4.74. The number of aliphatic carboxylic acids is 1. The first-order valence-electron chi connectivity index (χ1n) is 6.42. The number of hydrogen-bond donors (Lipinski definition) is 1. The molecule has 0 aliphatic heterocycles. The van der Waals surface area contributed by atoms with Crippen LogP contribution in [0.2, 0.25) is 0 Å². The lowest BCUT2D eigenvalue weighted by atomic mass is 10.1. The Hall–Kier alpha value is -0.900. The smallest absolute Gasteiger partial charge is 0.307 e. The topological polar surface area (TPSA) is 57.6 Å². The minimum atomic E-state index is -0.799. The zero-order valence-electron chi connectivity index (χ0n) is 11.2. The summed E-state index contributed by atoms with van der Waals surface area (Å²) in [6, 6.07) is 0. The third kappa shape index (κ3) is 8.86. The minimum absolute atomic E-state index is 0.0954. The number of nitrogens with zero attached hydrogens (tertiary/aromatic N) is 1. The van der Waals surface area contributed by atoms with Crippen LogP contribution >= 0.6 is 0 Å². The Labute approximate surface area is 104 Å². The first-order chi connectivity index (χ1) is 7.97. The van der Waals surface area contributed by atoms with Crippen LogP contribution in [0.5, 0.6) is 0 Å². The molecule has 100 valence electrons. The van der Waals surface area contributed by atoms with Gasteiger partial charge in [0.2, 0.25) is 0 Å². The molecule has 0 radical (unpaired) electrons. The second-order valence-corrected chi connectivity index (χ2v) is 4.74. The van der Waals surface area contributed by atoms with Gasteiger partial charge in [0.15, 0.2) is 0 Å². The molecular formula is C13H25NO3. The Morgan fingerprint density at radius 2 is 1.88 bits per heavy atom. The molecule has 0 spiro atoms. The van der Waals surface area contributed by atoms with Crippen LogP contribution in [0.1, 0.15) is 46.5 Å². The first kappa shape index (κ1) is 16.1. The molecule has 4 nitrogen and oxygen atoms in total. The maximum atomic E-state index is 11.1. The molecule has 0 fully saturated rings. The average Bonchev–Trinajstić information content (AvgIpc) is 2.23. The first-order valence-corrected chi connectivity index (χ1v) is 6.42. The molecule has 0 aromatic heterocycles. The quantitative estimate of drug-likeness (QED) is 0.597.